The smallest absolute Gasteiger partial charge is 0.242 e. The van der Waals surface area contributed by atoms with Crippen LogP contribution >= 0.6 is 35.0 Å². The Labute approximate surface area is 156 Å². The molecule has 2 atom stereocenters. The Morgan fingerprint density at radius 3 is 2.75 bits per heavy atom. The first-order valence-electron chi connectivity index (χ1n) is 7.75. The van der Waals surface area contributed by atoms with Crippen LogP contribution in [0.3, 0.4) is 0 Å². The van der Waals surface area contributed by atoms with Crippen molar-refractivity contribution in [2.24, 2.45) is 0 Å². The molecule has 1 aliphatic heterocycles. The molecule has 2 amide bonds. The summed E-state index contributed by atoms with van der Waals surface area (Å²) in [6.45, 7) is 3.17. The normalized spacial score (nSPS) is 19.0. The van der Waals surface area contributed by atoms with Crippen LogP contribution in [0.15, 0.2) is 18.2 Å². The van der Waals surface area contributed by atoms with Crippen molar-refractivity contribution < 1.29 is 14.5 Å². The van der Waals surface area contributed by atoms with Crippen LogP contribution in [-0.2, 0) is 9.59 Å². The third kappa shape index (κ3) is 4.57. The third-order valence-electron chi connectivity index (χ3n) is 3.86. The number of benzene rings is 1. The van der Waals surface area contributed by atoms with Crippen LogP contribution in [0.25, 0.3) is 0 Å². The maximum absolute atomic E-state index is 12.4. The highest BCUT2D eigenvalue weighted by atomic mass is 35.5. The molecule has 0 aromatic heterocycles. The molecule has 1 heterocycles. The predicted molar refractivity (Wildman–Crippen MR) is 98.7 cm³/mol. The van der Waals surface area contributed by atoms with Gasteiger partial charge in [-0.05, 0) is 24.6 Å². The molecule has 0 radical (unpaired) electrons. The summed E-state index contributed by atoms with van der Waals surface area (Å²) in [5.74, 6) is 0.166. The Bertz CT molecular complexity index is 627. The fourth-order valence-electron chi connectivity index (χ4n) is 2.49. The second-order valence-electron chi connectivity index (χ2n) is 6.06. The van der Waals surface area contributed by atoms with E-state index in [0.29, 0.717) is 22.3 Å². The lowest BCUT2D eigenvalue weighted by Gasteiger charge is -2.29. The van der Waals surface area contributed by atoms with Gasteiger partial charge in [0.1, 0.15) is 11.4 Å². The number of nitrogens with one attached hydrogen (secondary N) is 2. The highest BCUT2D eigenvalue weighted by molar-refractivity contribution is 8.00. The van der Waals surface area contributed by atoms with Crippen molar-refractivity contribution in [2.75, 3.05) is 32.9 Å². The van der Waals surface area contributed by atoms with Gasteiger partial charge in [-0.15, -0.1) is 11.8 Å². The largest absolute Gasteiger partial charge is 0.349 e. The zero-order valence-electron chi connectivity index (χ0n) is 13.9. The summed E-state index contributed by atoms with van der Waals surface area (Å²) in [7, 11) is 4.05. The van der Waals surface area contributed by atoms with Crippen molar-refractivity contribution in [3.8, 4) is 0 Å². The number of thioether (sulfide) groups is 1. The van der Waals surface area contributed by atoms with Gasteiger partial charge in [0.05, 0.1) is 43.0 Å². The fourth-order valence-corrected chi connectivity index (χ4v) is 4.04. The molecule has 1 aliphatic rings. The molecule has 0 aliphatic carbocycles. The molecule has 1 fully saturated rings. The number of amides is 2. The molecule has 1 saturated heterocycles. The number of nitrogens with zero attached hydrogens (tertiary/aromatic N) is 1. The van der Waals surface area contributed by atoms with Crippen LogP contribution in [0.4, 0.5) is 0 Å². The van der Waals surface area contributed by atoms with Gasteiger partial charge in [0, 0.05) is 0 Å². The average molecular weight is 391 g/mol. The lowest BCUT2D eigenvalue weighted by atomic mass is 10.1. The molecular formula is C16H22Cl2N3O2S+. The Hall–Kier alpha value is -0.950. The highest BCUT2D eigenvalue weighted by Crippen LogP contribution is 2.41. The monoisotopic (exact) mass is 390 g/mol. The molecule has 0 spiro atoms. The van der Waals surface area contributed by atoms with E-state index < -0.39 is 6.04 Å². The van der Waals surface area contributed by atoms with E-state index in [1.165, 1.54) is 16.7 Å². The second-order valence-corrected chi connectivity index (χ2v) is 7.94. The lowest BCUT2D eigenvalue weighted by Crippen LogP contribution is -3.06. The van der Waals surface area contributed by atoms with Gasteiger partial charge >= 0.3 is 0 Å². The van der Waals surface area contributed by atoms with Gasteiger partial charge in [-0.25, -0.2) is 0 Å². The van der Waals surface area contributed by atoms with Gasteiger partial charge < -0.3 is 15.1 Å². The van der Waals surface area contributed by atoms with Gasteiger partial charge in [0.2, 0.25) is 11.8 Å². The summed E-state index contributed by atoms with van der Waals surface area (Å²) in [5.41, 5.74) is 0.873. The molecule has 8 heteroatoms. The van der Waals surface area contributed by atoms with E-state index in [-0.39, 0.29) is 17.2 Å². The van der Waals surface area contributed by atoms with E-state index in [9.17, 15) is 9.59 Å². The van der Waals surface area contributed by atoms with E-state index in [1.807, 2.05) is 20.2 Å². The molecule has 2 N–H and O–H groups in total. The van der Waals surface area contributed by atoms with Crippen LogP contribution < -0.4 is 10.2 Å². The second kappa shape index (κ2) is 8.43. The molecule has 5 nitrogen and oxygen atoms in total. The number of hydrogen-bond acceptors (Lipinski definition) is 3. The number of quaternary nitrogens is 1. The van der Waals surface area contributed by atoms with Crippen LogP contribution in [0.5, 0.6) is 0 Å². The molecule has 132 valence electrons. The van der Waals surface area contributed by atoms with Crippen molar-refractivity contribution in [3.05, 3.63) is 33.8 Å². The summed E-state index contributed by atoms with van der Waals surface area (Å²) in [6, 6.07) is 4.78. The molecular weight excluding hydrogens is 369 g/mol. The molecule has 0 bridgehead atoms. The molecule has 0 unspecified atom stereocenters. The molecule has 1 aromatic carbocycles. The SMILES string of the molecule is C[C@@H](C(=O)NCC[NH+](C)C)N1C(=O)CS[C@@H]1c1ccc(Cl)c(Cl)c1. The van der Waals surface area contributed by atoms with Gasteiger partial charge in [0.15, 0.2) is 0 Å². The Morgan fingerprint density at radius 1 is 1.42 bits per heavy atom. The standard InChI is InChI=1S/C16H21Cl2N3O2S/c1-10(15(23)19-6-7-20(2)3)21-14(22)9-24-16(21)11-4-5-12(17)13(18)8-11/h4-5,8,10,16H,6-7,9H2,1-3H3,(H,19,23)/p+1/t10-,16+/m0/s1. The molecule has 24 heavy (non-hydrogen) atoms. The minimum absolute atomic E-state index is 0.0445. The molecule has 0 saturated carbocycles. The Kier molecular flexibility index (Phi) is 6.80. The third-order valence-corrected chi connectivity index (χ3v) is 5.82. The summed E-state index contributed by atoms with van der Waals surface area (Å²) in [5, 5.41) is 3.58. The summed E-state index contributed by atoms with van der Waals surface area (Å²) < 4.78 is 0. The first-order chi connectivity index (χ1) is 11.3. The average Bonchev–Trinajstić information content (AvgIpc) is 2.90. The number of rotatable bonds is 6. The maximum Gasteiger partial charge on any atom is 0.242 e. The van der Waals surface area contributed by atoms with E-state index in [0.717, 1.165) is 12.1 Å². The number of carbonyl (C=O) groups excluding carboxylic acids is 2. The van der Waals surface area contributed by atoms with Crippen LogP contribution in [0.2, 0.25) is 10.0 Å². The van der Waals surface area contributed by atoms with Crippen molar-refractivity contribution >= 4 is 46.8 Å². The minimum Gasteiger partial charge on any atom is -0.349 e. The zero-order valence-corrected chi connectivity index (χ0v) is 16.3. The summed E-state index contributed by atoms with van der Waals surface area (Å²) in [6.07, 6.45) is 0. The number of hydrogen-bond donors (Lipinski definition) is 2. The first kappa shape index (κ1) is 19.4. The lowest BCUT2D eigenvalue weighted by molar-refractivity contribution is -0.856. The fraction of sp³-hybridized carbons (Fsp3) is 0.500. The van der Waals surface area contributed by atoms with Gasteiger partial charge in [-0.3, -0.25) is 9.59 Å². The first-order valence-corrected chi connectivity index (χ1v) is 9.56. The molecule has 1 aromatic rings. The number of halogens is 2. The van der Waals surface area contributed by atoms with Crippen LogP contribution in [0.1, 0.15) is 17.9 Å². The predicted octanol–water partition coefficient (Wildman–Crippen LogP) is 1.22. The minimum atomic E-state index is -0.538. The van der Waals surface area contributed by atoms with Crippen molar-refractivity contribution in [2.45, 2.75) is 18.3 Å². The summed E-state index contributed by atoms with van der Waals surface area (Å²) >= 11 is 13.5. The van der Waals surface area contributed by atoms with E-state index in [4.69, 9.17) is 23.2 Å². The maximum atomic E-state index is 12.4. The van der Waals surface area contributed by atoms with Gasteiger partial charge in [-0.1, -0.05) is 29.3 Å². The van der Waals surface area contributed by atoms with Crippen LogP contribution in [-0.4, -0.2) is 55.7 Å². The number of likely N-dealkylation sites (N-methyl/N-ethyl adjacent to an activating group) is 1. The van der Waals surface area contributed by atoms with Crippen molar-refractivity contribution in [1.29, 1.82) is 0 Å². The molecule has 2 rings (SSSR count). The van der Waals surface area contributed by atoms with E-state index >= 15 is 0 Å². The van der Waals surface area contributed by atoms with Gasteiger partial charge in [0.25, 0.3) is 0 Å². The number of carbonyl (C=O) groups is 2. The quantitative estimate of drug-likeness (QED) is 0.767. The van der Waals surface area contributed by atoms with E-state index in [2.05, 4.69) is 5.32 Å². The van der Waals surface area contributed by atoms with Crippen LogP contribution in [0, 0.1) is 0 Å². The van der Waals surface area contributed by atoms with Gasteiger partial charge in [-0.2, -0.15) is 0 Å². The summed E-state index contributed by atoms with van der Waals surface area (Å²) in [4.78, 5) is 27.6. The highest BCUT2D eigenvalue weighted by Gasteiger charge is 2.38. The Morgan fingerprint density at radius 2 is 2.12 bits per heavy atom. The topological polar surface area (TPSA) is 53.9 Å². The van der Waals surface area contributed by atoms with Crippen molar-refractivity contribution in [1.82, 2.24) is 10.2 Å². The Balaban J connectivity index is 2.11. The van der Waals surface area contributed by atoms with Crippen molar-refractivity contribution in [3.63, 3.8) is 0 Å². The van der Waals surface area contributed by atoms with E-state index in [1.54, 1.807) is 24.0 Å². The zero-order chi connectivity index (χ0) is 17.9.